The van der Waals surface area contributed by atoms with Gasteiger partial charge in [-0.1, -0.05) is 6.07 Å². The standard InChI is InChI=1S/C14H14O3S2/c1-9(15)11(14-18-4-5-19-14)6-10-2-3-12-13(7-10)17-8-16-12/h2-3,7H,4-6,8H2,1H3. The van der Waals surface area contributed by atoms with Crippen LogP contribution in [0, 0.1) is 0 Å². The maximum Gasteiger partial charge on any atom is 0.231 e. The van der Waals surface area contributed by atoms with Gasteiger partial charge in [-0.3, -0.25) is 4.79 Å². The number of carbonyl (C=O) groups excluding carboxylic acids is 1. The van der Waals surface area contributed by atoms with Gasteiger partial charge in [-0.05, 0) is 24.6 Å². The molecule has 1 aromatic carbocycles. The Morgan fingerprint density at radius 2 is 1.95 bits per heavy atom. The van der Waals surface area contributed by atoms with E-state index in [2.05, 4.69) is 0 Å². The summed E-state index contributed by atoms with van der Waals surface area (Å²) in [6.07, 6.45) is 0.668. The molecule has 0 N–H and O–H groups in total. The van der Waals surface area contributed by atoms with Gasteiger partial charge < -0.3 is 9.47 Å². The minimum atomic E-state index is 0.162. The third-order valence-corrected chi connectivity index (χ3v) is 5.84. The topological polar surface area (TPSA) is 35.5 Å². The molecule has 3 nitrogen and oxygen atoms in total. The first-order chi connectivity index (χ1) is 9.24. The second kappa shape index (κ2) is 5.51. The molecule has 1 aromatic rings. The van der Waals surface area contributed by atoms with E-state index in [1.165, 1.54) is 4.24 Å². The van der Waals surface area contributed by atoms with E-state index in [0.29, 0.717) is 6.42 Å². The minimum Gasteiger partial charge on any atom is -0.454 e. The largest absolute Gasteiger partial charge is 0.454 e. The zero-order chi connectivity index (χ0) is 13.2. The smallest absolute Gasteiger partial charge is 0.231 e. The number of Topliss-reactive ketones (excluding diaryl/α,β-unsaturated/α-hetero) is 1. The summed E-state index contributed by atoms with van der Waals surface area (Å²) in [5, 5.41) is 0. The van der Waals surface area contributed by atoms with E-state index in [1.807, 2.05) is 18.2 Å². The van der Waals surface area contributed by atoms with Crippen molar-refractivity contribution in [2.75, 3.05) is 18.3 Å². The highest BCUT2D eigenvalue weighted by atomic mass is 32.2. The maximum absolute atomic E-state index is 11.8. The van der Waals surface area contributed by atoms with Crippen LogP contribution < -0.4 is 9.47 Å². The predicted molar refractivity (Wildman–Crippen MR) is 78.9 cm³/mol. The van der Waals surface area contributed by atoms with E-state index in [9.17, 15) is 4.79 Å². The van der Waals surface area contributed by atoms with E-state index in [4.69, 9.17) is 9.47 Å². The van der Waals surface area contributed by atoms with Crippen molar-refractivity contribution < 1.29 is 14.3 Å². The van der Waals surface area contributed by atoms with Crippen LogP contribution in [0.15, 0.2) is 28.0 Å². The zero-order valence-corrected chi connectivity index (χ0v) is 12.2. The molecule has 0 atom stereocenters. The molecule has 0 radical (unpaired) electrons. The molecule has 1 saturated heterocycles. The molecule has 2 aliphatic rings. The Labute approximate surface area is 120 Å². The Morgan fingerprint density at radius 3 is 2.68 bits per heavy atom. The molecular weight excluding hydrogens is 280 g/mol. The SMILES string of the molecule is CC(=O)C(Cc1ccc2c(c1)OCO2)=C1SCCS1. The van der Waals surface area contributed by atoms with Crippen molar-refractivity contribution in [3.05, 3.63) is 33.6 Å². The predicted octanol–water partition coefficient (Wildman–Crippen LogP) is 3.24. The molecule has 0 amide bonds. The summed E-state index contributed by atoms with van der Waals surface area (Å²) in [7, 11) is 0. The highest BCUT2D eigenvalue weighted by Crippen LogP contribution is 2.40. The van der Waals surface area contributed by atoms with Crippen LogP contribution in [0.4, 0.5) is 0 Å². The minimum absolute atomic E-state index is 0.162. The van der Waals surface area contributed by atoms with E-state index >= 15 is 0 Å². The average Bonchev–Trinajstić information content (AvgIpc) is 3.06. The summed E-state index contributed by atoms with van der Waals surface area (Å²) < 4.78 is 11.9. The van der Waals surface area contributed by atoms with Crippen molar-refractivity contribution >= 4 is 29.3 Å². The molecule has 0 bridgehead atoms. The molecule has 1 fully saturated rings. The number of ketones is 1. The lowest BCUT2D eigenvalue weighted by molar-refractivity contribution is -0.113. The molecule has 0 spiro atoms. The summed E-state index contributed by atoms with van der Waals surface area (Å²) in [5.41, 5.74) is 2.02. The second-order valence-electron chi connectivity index (χ2n) is 4.38. The Morgan fingerprint density at radius 1 is 1.21 bits per heavy atom. The molecule has 0 unspecified atom stereocenters. The first-order valence-electron chi connectivity index (χ1n) is 6.12. The van der Waals surface area contributed by atoms with Crippen molar-refractivity contribution in [3.8, 4) is 11.5 Å². The van der Waals surface area contributed by atoms with Gasteiger partial charge in [-0.25, -0.2) is 0 Å². The third kappa shape index (κ3) is 2.77. The second-order valence-corrected chi connectivity index (χ2v) is 6.85. The van der Waals surface area contributed by atoms with Crippen LogP contribution >= 0.6 is 23.5 Å². The van der Waals surface area contributed by atoms with Crippen LogP contribution in [-0.2, 0) is 11.2 Å². The lowest BCUT2D eigenvalue weighted by Gasteiger charge is -2.08. The zero-order valence-electron chi connectivity index (χ0n) is 10.6. The highest BCUT2D eigenvalue weighted by molar-refractivity contribution is 8.25. The quantitative estimate of drug-likeness (QED) is 0.800. The van der Waals surface area contributed by atoms with E-state index < -0.39 is 0 Å². The van der Waals surface area contributed by atoms with Gasteiger partial charge in [0.2, 0.25) is 6.79 Å². The normalized spacial score (nSPS) is 16.8. The van der Waals surface area contributed by atoms with Gasteiger partial charge >= 0.3 is 0 Å². The number of benzene rings is 1. The van der Waals surface area contributed by atoms with Crippen LogP contribution in [0.2, 0.25) is 0 Å². The molecule has 0 aliphatic carbocycles. The first kappa shape index (κ1) is 12.9. The Kier molecular flexibility index (Phi) is 3.75. The Balaban J connectivity index is 1.86. The first-order valence-corrected chi connectivity index (χ1v) is 8.09. The van der Waals surface area contributed by atoms with Crippen LogP contribution in [0.5, 0.6) is 11.5 Å². The van der Waals surface area contributed by atoms with Gasteiger partial charge in [0, 0.05) is 27.7 Å². The molecule has 3 rings (SSSR count). The fourth-order valence-corrected chi connectivity index (χ4v) is 4.73. The third-order valence-electron chi connectivity index (χ3n) is 3.04. The Hall–Kier alpha value is -1.07. The number of rotatable bonds is 3. The Bertz CT molecular complexity index is 544. The van der Waals surface area contributed by atoms with Crippen molar-refractivity contribution in [3.63, 3.8) is 0 Å². The molecular formula is C14H14O3S2. The van der Waals surface area contributed by atoms with E-state index in [0.717, 1.165) is 34.1 Å². The summed E-state index contributed by atoms with van der Waals surface area (Å²) in [4.78, 5) is 11.8. The number of thioether (sulfide) groups is 2. The summed E-state index contributed by atoms with van der Waals surface area (Å²) >= 11 is 3.58. The molecule has 0 aromatic heterocycles. The number of hydrogen-bond acceptors (Lipinski definition) is 5. The van der Waals surface area contributed by atoms with Crippen LogP contribution in [0.1, 0.15) is 12.5 Å². The van der Waals surface area contributed by atoms with Crippen LogP contribution in [0.25, 0.3) is 0 Å². The van der Waals surface area contributed by atoms with Crippen LogP contribution in [-0.4, -0.2) is 24.1 Å². The maximum atomic E-state index is 11.8. The van der Waals surface area contributed by atoms with Crippen LogP contribution in [0.3, 0.4) is 0 Å². The lowest BCUT2D eigenvalue weighted by atomic mass is 10.0. The van der Waals surface area contributed by atoms with Crippen molar-refractivity contribution in [2.24, 2.45) is 0 Å². The van der Waals surface area contributed by atoms with E-state index in [-0.39, 0.29) is 12.6 Å². The van der Waals surface area contributed by atoms with Crippen molar-refractivity contribution in [1.82, 2.24) is 0 Å². The molecule has 2 heterocycles. The summed E-state index contributed by atoms with van der Waals surface area (Å²) in [6, 6.07) is 5.88. The van der Waals surface area contributed by atoms with Gasteiger partial charge in [0.1, 0.15) is 0 Å². The highest BCUT2D eigenvalue weighted by Gasteiger charge is 2.19. The van der Waals surface area contributed by atoms with Crippen molar-refractivity contribution in [1.29, 1.82) is 0 Å². The monoisotopic (exact) mass is 294 g/mol. The number of hydrogen-bond donors (Lipinski definition) is 0. The number of allylic oxidation sites excluding steroid dienone is 1. The van der Waals surface area contributed by atoms with Gasteiger partial charge in [-0.2, -0.15) is 0 Å². The molecule has 5 heteroatoms. The number of carbonyl (C=O) groups is 1. The fourth-order valence-electron chi connectivity index (χ4n) is 2.08. The van der Waals surface area contributed by atoms with Crippen molar-refractivity contribution in [2.45, 2.75) is 13.3 Å². The van der Waals surface area contributed by atoms with E-state index in [1.54, 1.807) is 30.4 Å². The van der Waals surface area contributed by atoms with Gasteiger partial charge in [0.25, 0.3) is 0 Å². The summed E-state index contributed by atoms with van der Waals surface area (Å²) in [6.45, 7) is 1.93. The average molecular weight is 294 g/mol. The molecule has 100 valence electrons. The van der Waals surface area contributed by atoms with Gasteiger partial charge in [0.05, 0.1) is 0 Å². The molecule has 2 aliphatic heterocycles. The molecule has 19 heavy (non-hydrogen) atoms. The van der Waals surface area contributed by atoms with Gasteiger partial charge in [-0.15, -0.1) is 23.5 Å². The lowest BCUT2D eigenvalue weighted by Crippen LogP contribution is -2.02. The summed E-state index contributed by atoms with van der Waals surface area (Å²) in [5.74, 6) is 3.91. The number of ether oxygens (including phenoxy) is 2. The fraction of sp³-hybridized carbons (Fsp3) is 0.357. The molecule has 0 saturated carbocycles. The van der Waals surface area contributed by atoms with Gasteiger partial charge in [0.15, 0.2) is 17.3 Å². The number of fused-ring (bicyclic) bond motifs is 1.